The largest absolute Gasteiger partial charge is 0.0845 e. The number of alkyl halides is 1. The Labute approximate surface area is 188 Å². The summed E-state index contributed by atoms with van der Waals surface area (Å²) in [5.74, 6) is 0. The van der Waals surface area contributed by atoms with Crippen molar-refractivity contribution in [3.8, 4) is 0 Å². The highest BCUT2D eigenvalue weighted by Gasteiger charge is 2.28. The van der Waals surface area contributed by atoms with E-state index in [-0.39, 0.29) is 0 Å². The van der Waals surface area contributed by atoms with Crippen LogP contribution in [0.3, 0.4) is 0 Å². The molecule has 1 unspecified atom stereocenters. The van der Waals surface area contributed by atoms with E-state index in [2.05, 4.69) is 88.2 Å². The highest BCUT2D eigenvalue weighted by molar-refractivity contribution is 9.10. The van der Waals surface area contributed by atoms with Gasteiger partial charge in [-0.3, -0.25) is 0 Å². The van der Waals surface area contributed by atoms with Crippen LogP contribution in [0.25, 0.3) is 4.91 Å². The highest BCUT2D eigenvalue weighted by Crippen LogP contribution is 2.62. The monoisotopic (exact) mass is 542 g/mol. The van der Waals surface area contributed by atoms with Crippen LogP contribution in [0.1, 0.15) is 25.8 Å². The Kier molecular flexibility index (Phi) is 6.28. The first-order valence-electron chi connectivity index (χ1n) is 8.17. The summed E-state index contributed by atoms with van der Waals surface area (Å²) in [5, 5.41) is 0. The van der Waals surface area contributed by atoms with Gasteiger partial charge in [-0.05, 0) is 43.5 Å². The Bertz CT molecular complexity index is 904. The smallest absolute Gasteiger partial charge is 0.0703 e. The van der Waals surface area contributed by atoms with Gasteiger partial charge in [-0.2, -0.15) is 0 Å². The average Bonchev–Trinajstić information content (AvgIpc) is 3.20. The molecule has 6 heteroatoms. The molecule has 0 amide bonds. The number of rotatable bonds is 2. The Morgan fingerprint density at radius 2 is 1.50 bits per heavy atom. The molecule has 0 N–H and O–H groups in total. The molecule has 0 aromatic heterocycles. The molecular weight excluding hydrogens is 528 g/mol. The van der Waals surface area contributed by atoms with Gasteiger partial charge in [0.1, 0.15) is 0 Å². The van der Waals surface area contributed by atoms with Crippen molar-refractivity contribution in [2.75, 3.05) is 0 Å². The molecule has 0 saturated heterocycles. The molecule has 0 bridgehead atoms. The molecule has 134 valence electrons. The van der Waals surface area contributed by atoms with Crippen LogP contribution in [-0.4, -0.2) is 4.83 Å². The molecular formula is C20H16Br2S4. The van der Waals surface area contributed by atoms with Crippen LogP contribution in [0.5, 0.6) is 0 Å². The molecule has 26 heavy (non-hydrogen) atoms. The van der Waals surface area contributed by atoms with Crippen LogP contribution >= 0.6 is 78.9 Å². The Morgan fingerprint density at radius 1 is 0.885 bits per heavy atom. The van der Waals surface area contributed by atoms with Gasteiger partial charge in [0.05, 0.1) is 8.47 Å². The number of thioether (sulfide) groups is 4. The molecule has 0 fully saturated rings. The van der Waals surface area contributed by atoms with E-state index in [0.29, 0.717) is 4.83 Å². The third-order valence-electron chi connectivity index (χ3n) is 4.10. The van der Waals surface area contributed by atoms with Gasteiger partial charge in [-0.25, -0.2) is 0 Å². The van der Waals surface area contributed by atoms with Crippen molar-refractivity contribution in [2.45, 2.75) is 25.1 Å². The first-order chi connectivity index (χ1) is 12.5. The standard InChI is InChI=1S/C20H16Br2S4/c1-11-17(13-3-7-15(21)8-4-13)25-19(23-11)20-24-12(2)18(26-20)14-5-9-16(22)10-6-14/h3-9,16H,10H2,1-2H3/b20-19+. The molecule has 1 atom stereocenters. The number of allylic oxidation sites excluding steroid dienone is 6. The lowest BCUT2D eigenvalue weighted by Crippen LogP contribution is -1.97. The zero-order valence-corrected chi connectivity index (χ0v) is 20.7. The average molecular weight is 544 g/mol. The summed E-state index contributed by atoms with van der Waals surface area (Å²) in [6.45, 7) is 4.48. The van der Waals surface area contributed by atoms with Gasteiger partial charge in [0.2, 0.25) is 0 Å². The van der Waals surface area contributed by atoms with Crippen LogP contribution in [0.4, 0.5) is 0 Å². The molecule has 2 heterocycles. The Balaban J connectivity index is 1.54. The molecule has 0 radical (unpaired) electrons. The maximum absolute atomic E-state index is 3.66. The Morgan fingerprint density at radius 3 is 2.12 bits per heavy atom. The minimum absolute atomic E-state index is 0.477. The maximum Gasteiger partial charge on any atom is 0.0703 e. The zero-order valence-electron chi connectivity index (χ0n) is 14.2. The first kappa shape index (κ1) is 19.6. The van der Waals surface area contributed by atoms with Crippen LogP contribution in [0.2, 0.25) is 0 Å². The van der Waals surface area contributed by atoms with Crippen molar-refractivity contribution in [1.82, 2.24) is 0 Å². The van der Waals surface area contributed by atoms with Gasteiger partial charge in [-0.15, -0.1) is 0 Å². The molecule has 0 saturated carbocycles. The molecule has 1 aliphatic carbocycles. The molecule has 4 rings (SSSR count). The molecule has 0 nitrogen and oxygen atoms in total. The first-order valence-corrected chi connectivity index (χ1v) is 13.1. The molecule has 2 aliphatic heterocycles. The highest BCUT2D eigenvalue weighted by atomic mass is 79.9. The Hall–Kier alpha value is 0.280. The molecule has 1 aromatic rings. The summed E-state index contributed by atoms with van der Waals surface area (Å²) in [6.07, 6.45) is 7.93. The topological polar surface area (TPSA) is 0 Å². The lowest BCUT2D eigenvalue weighted by Gasteiger charge is -2.11. The van der Waals surface area contributed by atoms with E-state index in [1.165, 1.54) is 39.2 Å². The van der Waals surface area contributed by atoms with E-state index in [9.17, 15) is 0 Å². The summed E-state index contributed by atoms with van der Waals surface area (Å²) in [7, 11) is 0. The summed E-state index contributed by atoms with van der Waals surface area (Å²) in [4.78, 5) is 6.09. The van der Waals surface area contributed by atoms with Crippen LogP contribution < -0.4 is 0 Å². The number of halogens is 2. The second-order valence-corrected chi connectivity index (χ2v) is 13.1. The van der Waals surface area contributed by atoms with Gasteiger partial charge in [0.25, 0.3) is 0 Å². The number of benzene rings is 1. The van der Waals surface area contributed by atoms with Gasteiger partial charge in [0, 0.05) is 28.9 Å². The zero-order chi connectivity index (χ0) is 18.3. The fourth-order valence-electron chi connectivity index (χ4n) is 2.80. The van der Waals surface area contributed by atoms with E-state index >= 15 is 0 Å². The van der Waals surface area contributed by atoms with Crippen molar-refractivity contribution in [3.63, 3.8) is 0 Å². The van der Waals surface area contributed by atoms with Crippen LogP contribution in [-0.2, 0) is 0 Å². The predicted molar refractivity (Wildman–Crippen MR) is 131 cm³/mol. The summed E-state index contributed by atoms with van der Waals surface area (Å²) in [6, 6.07) is 8.63. The van der Waals surface area contributed by atoms with Crippen molar-refractivity contribution >= 4 is 83.8 Å². The summed E-state index contributed by atoms with van der Waals surface area (Å²) < 4.78 is 3.97. The van der Waals surface area contributed by atoms with Gasteiger partial charge in [0.15, 0.2) is 0 Å². The van der Waals surface area contributed by atoms with E-state index in [0.717, 1.165) is 10.9 Å². The predicted octanol–water partition coefficient (Wildman–Crippen LogP) is 9.11. The van der Waals surface area contributed by atoms with Crippen molar-refractivity contribution in [2.24, 2.45) is 0 Å². The van der Waals surface area contributed by atoms with E-state index < -0.39 is 0 Å². The van der Waals surface area contributed by atoms with Gasteiger partial charge >= 0.3 is 0 Å². The second-order valence-electron chi connectivity index (χ2n) is 6.03. The fraction of sp³-hybridized carbons (Fsp3) is 0.200. The van der Waals surface area contributed by atoms with Crippen molar-refractivity contribution < 1.29 is 0 Å². The minimum atomic E-state index is 0.477. The molecule has 3 aliphatic rings. The minimum Gasteiger partial charge on any atom is -0.0845 e. The van der Waals surface area contributed by atoms with Crippen LogP contribution in [0, 0.1) is 0 Å². The third kappa shape index (κ3) is 4.15. The van der Waals surface area contributed by atoms with E-state index in [1.54, 1.807) is 0 Å². The number of hydrogen-bond acceptors (Lipinski definition) is 4. The summed E-state index contributed by atoms with van der Waals surface area (Å²) in [5.41, 5.74) is 2.68. The van der Waals surface area contributed by atoms with Crippen molar-refractivity contribution in [3.05, 3.63) is 81.3 Å². The second kappa shape index (κ2) is 8.34. The normalized spacial score (nSPS) is 26.2. The molecule has 0 spiro atoms. The summed E-state index contributed by atoms with van der Waals surface area (Å²) >= 11 is 14.9. The lowest BCUT2D eigenvalue weighted by atomic mass is 10.1. The van der Waals surface area contributed by atoms with E-state index in [4.69, 9.17) is 0 Å². The van der Waals surface area contributed by atoms with E-state index in [1.807, 2.05) is 47.0 Å². The molecule has 1 aromatic carbocycles. The van der Waals surface area contributed by atoms with Gasteiger partial charge in [-0.1, -0.05) is 109 Å². The lowest BCUT2D eigenvalue weighted by molar-refractivity contribution is 1.06. The quantitative estimate of drug-likeness (QED) is 0.341. The van der Waals surface area contributed by atoms with Gasteiger partial charge < -0.3 is 0 Å². The maximum atomic E-state index is 3.66. The van der Waals surface area contributed by atoms with Crippen molar-refractivity contribution in [1.29, 1.82) is 0 Å². The number of hydrogen-bond donors (Lipinski definition) is 0. The third-order valence-corrected chi connectivity index (χ3v) is 11.2. The fourth-order valence-corrected chi connectivity index (χ4v) is 8.98. The SMILES string of the molecule is CC1=C(C2=CCC(Br)C=C2)S/C(=C2\SC(C)=C(c3ccc(Br)cc3)S2)S1. The van der Waals surface area contributed by atoms with Crippen LogP contribution in [0.15, 0.2) is 75.7 Å².